The number of nitrogens with one attached hydrogen (secondary N) is 1. The first-order valence-electron chi connectivity index (χ1n) is 9.20. The lowest BCUT2D eigenvalue weighted by molar-refractivity contribution is -0.115. The van der Waals surface area contributed by atoms with Gasteiger partial charge in [0.1, 0.15) is 11.1 Å². The van der Waals surface area contributed by atoms with Crippen LogP contribution in [0.4, 0.5) is 5.69 Å². The van der Waals surface area contributed by atoms with E-state index in [0.717, 1.165) is 16.8 Å². The Morgan fingerprint density at radius 1 is 1.07 bits per heavy atom. The van der Waals surface area contributed by atoms with Crippen molar-refractivity contribution < 1.29 is 14.7 Å². The minimum Gasteiger partial charge on any atom is -0.478 e. The zero-order chi connectivity index (χ0) is 21.5. The van der Waals surface area contributed by atoms with Gasteiger partial charge in [0.25, 0.3) is 0 Å². The molecule has 6 nitrogen and oxygen atoms in total. The molecule has 0 fully saturated rings. The first-order chi connectivity index (χ1) is 14.5. The van der Waals surface area contributed by atoms with Gasteiger partial charge in [0.2, 0.25) is 5.91 Å². The van der Waals surface area contributed by atoms with Crippen LogP contribution in [0.5, 0.6) is 0 Å². The average molecular weight is 417 g/mol. The highest BCUT2D eigenvalue weighted by Crippen LogP contribution is 2.26. The van der Waals surface area contributed by atoms with E-state index < -0.39 is 5.97 Å². The van der Waals surface area contributed by atoms with Crippen LogP contribution in [0.15, 0.2) is 65.7 Å². The molecule has 3 aromatic rings. The Morgan fingerprint density at radius 2 is 1.77 bits per heavy atom. The maximum Gasteiger partial charge on any atom is 0.335 e. The fraction of sp³-hybridized carbons (Fsp3) is 0.130. The zero-order valence-corrected chi connectivity index (χ0v) is 17.1. The first kappa shape index (κ1) is 21.1. The Balaban J connectivity index is 1.61. The third-order valence-electron chi connectivity index (χ3n) is 4.31. The lowest BCUT2D eigenvalue weighted by Crippen LogP contribution is -2.12. The fourth-order valence-electron chi connectivity index (χ4n) is 2.68. The molecule has 0 aliphatic carbocycles. The summed E-state index contributed by atoms with van der Waals surface area (Å²) in [7, 11) is 0. The Kier molecular flexibility index (Phi) is 6.83. The number of benzene rings is 2. The van der Waals surface area contributed by atoms with Crippen molar-refractivity contribution in [2.45, 2.75) is 18.4 Å². The Bertz CT molecular complexity index is 1100. The topological polar surface area (TPSA) is 103 Å². The number of hydrogen-bond donors (Lipinski definition) is 2. The number of carboxylic acids is 1. The number of aryl methyl sites for hydroxylation is 1. The molecule has 2 aromatic carbocycles. The summed E-state index contributed by atoms with van der Waals surface area (Å²) in [6.07, 6.45) is 0.229. The van der Waals surface area contributed by atoms with Gasteiger partial charge in [-0.1, -0.05) is 29.8 Å². The van der Waals surface area contributed by atoms with Crippen LogP contribution in [0.25, 0.3) is 11.3 Å². The number of carbonyl (C=O) groups excluding carboxylic acids is 1. The number of thioether (sulfide) groups is 1. The van der Waals surface area contributed by atoms with Crippen LogP contribution < -0.4 is 5.32 Å². The summed E-state index contributed by atoms with van der Waals surface area (Å²) in [5.74, 6) is -0.755. The van der Waals surface area contributed by atoms with Gasteiger partial charge in [-0.3, -0.25) is 4.79 Å². The van der Waals surface area contributed by atoms with Gasteiger partial charge >= 0.3 is 5.97 Å². The monoisotopic (exact) mass is 417 g/mol. The first-order valence-corrected chi connectivity index (χ1v) is 10.2. The lowest BCUT2D eigenvalue weighted by atomic mass is 10.1. The highest BCUT2D eigenvalue weighted by Gasteiger charge is 2.10. The summed E-state index contributed by atoms with van der Waals surface area (Å²) >= 11 is 1.36. The van der Waals surface area contributed by atoms with Gasteiger partial charge in [-0.25, -0.2) is 9.78 Å². The number of hydrogen-bond acceptors (Lipinski definition) is 5. The molecule has 0 saturated carbocycles. The second-order valence-corrected chi connectivity index (χ2v) is 7.64. The molecule has 0 bridgehead atoms. The second kappa shape index (κ2) is 9.72. The summed E-state index contributed by atoms with van der Waals surface area (Å²) in [6.45, 7) is 2.02. The summed E-state index contributed by atoms with van der Waals surface area (Å²) in [4.78, 5) is 27.6. The molecule has 0 atom stereocenters. The number of anilines is 1. The minimum absolute atomic E-state index is 0.159. The van der Waals surface area contributed by atoms with Crippen LogP contribution in [0.2, 0.25) is 0 Å². The number of amides is 1. The molecule has 3 rings (SSSR count). The second-order valence-electron chi connectivity index (χ2n) is 6.56. The van der Waals surface area contributed by atoms with Crippen molar-refractivity contribution in [3.8, 4) is 17.3 Å². The molecule has 1 aromatic heterocycles. The van der Waals surface area contributed by atoms with Crippen LogP contribution in [0.1, 0.15) is 27.9 Å². The number of carboxylic acid groups (broad SMARTS) is 1. The molecule has 0 spiro atoms. The van der Waals surface area contributed by atoms with Crippen LogP contribution in [-0.4, -0.2) is 27.7 Å². The fourth-order valence-corrected chi connectivity index (χ4v) is 3.59. The number of pyridine rings is 1. The van der Waals surface area contributed by atoms with Crippen LogP contribution in [-0.2, 0) is 4.79 Å². The maximum atomic E-state index is 12.2. The normalized spacial score (nSPS) is 10.3. The summed E-state index contributed by atoms with van der Waals surface area (Å²) < 4.78 is 0. The van der Waals surface area contributed by atoms with Crippen molar-refractivity contribution >= 4 is 29.3 Å². The Hall–Kier alpha value is -3.63. The van der Waals surface area contributed by atoms with E-state index in [1.54, 1.807) is 18.2 Å². The number of nitriles is 1. The smallest absolute Gasteiger partial charge is 0.335 e. The Labute approximate surface area is 178 Å². The van der Waals surface area contributed by atoms with E-state index >= 15 is 0 Å². The molecule has 150 valence electrons. The summed E-state index contributed by atoms with van der Waals surface area (Å²) in [5.41, 5.74) is 4.07. The van der Waals surface area contributed by atoms with E-state index in [-0.39, 0.29) is 17.9 Å². The zero-order valence-electron chi connectivity index (χ0n) is 16.3. The van der Waals surface area contributed by atoms with E-state index in [0.29, 0.717) is 22.0 Å². The van der Waals surface area contributed by atoms with Gasteiger partial charge in [0.15, 0.2) is 0 Å². The quantitative estimate of drug-likeness (QED) is 0.538. The number of nitrogens with zero attached hydrogens (tertiary/aromatic N) is 2. The number of carbonyl (C=O) groups is 2. The van der Waals surface area contributed by atoms with Crippen molar-refractivity contribution in [1.29, 1.82) is 5.26 Å². The van der Waals surface area contributed by atoms with E-state index in [1.165, 1.54) is 23.9 Å². The van der Waals surface area contributed by atoms with E-state index in [9.17, 15) is 14.9 Å². The number of aromatic carboxylic acids is 1. The van der Waals surface area contributed by atoms with Crippen molar-refractivity contribution in [3.05, 3.63) is 77.4 Å². The van der Waals surface area contributed by atoms with E-state index in [2.05, 4.69) is 16.4 Å². The molecule has 2 N–H and O–H groups in total. The molecule has 1 amide bonds. The van der Waals surface area contributed by atoms with Gasteiger partial charge in [-0.2, -0.15) is 5.26 Å². The highest BCUT2D eigenvalue weighted by molar-refractivity contribution is 7.99. The average Bonchev–Trinajstić information content (AvgIpc) is 2.74. The van der Waals surface area contributed by atoms with Crippen molar-refractivity contribution in [2.24, 2.45) is 0 Å². The molecular formula is C23H19N3O3S. The predicted molar refractivity (Wildman–Crippen MR) is 116 cm³/mol. The van der Waals surface area contributed by atoms with E-state index in [1.807, 2.05) is 37.3 Å². The van der Waals surface area contributed by atoms with Crippen molar-refractivity contribution in [1.82, 2.24) is 4.98 Å². The summed E-state index contributed by atoms with van der Waals surface area (Å²) in [6, 6.07) is 19.7. The standard InChI is InChI=1S/C23H19N3O3S/c1-15-2-4-16(5-3-15)20-11-8-18(14-24)22(26-20)30-13-12-21(27)25-19-9-6-17(7-10-19)23(28)29/h2-11H,12-13H2,1H3,(H,25,27)(H,28,29). The molecule has 0 unspecified atom stereocenters. The SMILES string of the molecule is Cc1ccc(-c2ccc(C#N)c(SCCC(=O)Nc3ccc(C(=O)O)cc3)n2)cc1. The van der Waals surface area contributed by atoms with Crippen LogP contribution in [0, 0.1) is 18.3 Å². The molecule has 0 radical (unpaired) electrons. The lowest BCUT2D eigenvalue weighted by Gasteiger charge is -2.08. The highest BCUT2D eigenvalue weighted by atomic mass is 32.2. The molecule has 0 aliphatic heterocycles. The molecule has 1 heterocycles. The van der Waals surface area contributed by atoms with Crippen LogP contribution in [0.3, 0.4) is 0 Å². The Morgan fingerprint density at radius 3 is 2.40 bits per heavy atom. The molecule has 7 heteroatoms. The molecule has 30 heavy (non-hydrogen) atoms. The third kappa shape index (κ3) is 5.46. The summed E-state index contributed by atoms with van der Waals surface area (Å²) in [5, 5.41) is 21.6. The molecule has 0 saturated heterocycles. The van der Waals surface area contributed by atoms with Gasteiger partial charge in [0, 0.05) is 23.4 Å². The van der Waals surface area contributed by atoms with Gasteiger partial charge in [-0.15, -0.1) is 11.8 Å². The molecule has 0 aliphatic rings. The van der Waals surface area contributed by atoms with Gasteiger partial charge < -0.3 is 10.4 Å². The largest absolute Gasteiger partial charge is 0.478 e. The van der Waals surface area contributed by atoms with Gasteiger partial charge in [0.05, 0.1) is 16.8 Å². The minimum atomic E-state index is -1.02. The predicted octanol–water partition coefficient (Wildman–Crippen LogP) is 4.75. The van der Waals surface area contributed by atoms with E-state index in [4.69, 9.17) is 5.11 Å². The van der Waals surface area contributed by atoms with Crippen LogP contribution >= 0.6 is 11.8 Å². The van der Waals surface area contributed by atoms with Gasteiger partial charge in [-0.05, 0) is 43.3 Å². The number of rotatable bonds is 7. The van der Waals surface area contributed by atoms with Crippen molar-refractivity contribution in [2.75, 3.05) is 11.1 Å². The van der Waals surface area contributed by atoms with Crippen molar-refractivity contribution in [3.63, 3.8) is 0 Å². The molecular weight excluding hydrogens is 398 g/mol. The third-order valence-corrected chi connectivity index (χ3v) is 5.30. The maximum absolute atomic E-state index is 12.2. The number of aromatic nitrogens is 1.